The molecule has 0 saturated heterocycles. The molecule has 0 unspecified atom stereocenters. The maximum atomic E-state index is 14.8. The molecule has 2 aromatic heterocycles. The summed E-state index contributed by atoms with van der Waals surface area (Å²) in [4.78, 5) is 5.51. The predicted octanol–water partition coefficient (Wildman–Crippen LogP) is 6.48. The molecule has 2 heterocycles. The Balaban J connectivity index is 2.01. The fraction of sp³-hybridized carbons (Fsp3) is 0.190. The van der Waals surface area contributed by atoms with Crippen LogP contribution in [0.5, 0.6) is 5.75 Å². The number of aromatic nitrogens is 2. The molecule has 0 aliphatic carbocycles. The summed E-state index contributed by atoms with van der Waals surface area (Å²) in [6.07, 6.45) is 0.820. The molecule has 0 atom stereocenters. The molecule has 0 aliphatic rings. The first-order valence-corrected chi connectivity index (χ1v) is 10.1. The molecule has 28 heavy (non-hydrogen) atoms. The van der Waals surface area contributed by atoms with Gasteiger partial charge in [0.25, 0.3) is 0 Å². The zero-order chi connectivity index (χ0) is 19.8. The summed E-state index contributed by atoms with van der Waals surface area (Å²) in [5, 5.41) is 6.08. The van der Waals surface area contributed by atoms with Crippen molar-refractivity contribution in [1.29, 1.82) is 0 Å². The number of benzene rings is 2. The van der Waals surface area contributed by atoms with E-state index in [0.29, 0.717) is 27.8 Å². The molecule has 0 spiro atoms. The fourth-order valence-corrected chi connectivity index (χ4v) is 4.50. The Morgan fingerprint density at radius 1 is 1.25 bits per heavy atom. The second kappa shape index (κ2) is 7.45. The van der Waals surface area contributed by atoms with Gasteiger partial charge in [0.2, 0.25) is 0 Å². The topological polar surface area (TPSA) is 38.6 Å². The van der Waals surface area contributed by atoms with E-state index in [4.69, 9.17) is 21.3 Å². The Morgan fingerprint density at radius 3 is 2.75 bits per heavy atom. The molecule has 4 aromatic rings. The van der Waals surface area contributed by atoms with Crippen molar-refractivity contribution in [2.24, 2.45) is 0 Å². The first-order chi connectivity index (χ1) is 13.5. The normalized spacial score (nSPS) is 11.2. The Kier molecular flexibility index (Phi) is 5.00. The minimum Gasteiger partial charge on any atom is -0.496 e. The smallest absolute Gasteiger partial charge is 0.196 e. The van der Waals surface area contributed by atoms with Gasteiger partial charge in [-0.2, -0.15) is 0 Å². The number of hydrogen-bond acceptors (Lipinski definition) is 4. The highest BCUT2D eigenvalue weighted by molar-refractivity contribution is 7.15. The lowest BCUT2D eigenvalue weighted by Gasteiger charge is -2.15. The fourth-order valence-electron chi connectivity index (χ4n) is 3.26. The molecule has 4 rings (SSSR count). The lowest BCUT2D eigenvalue weighted by Crippen LogP contribution is -2.02. The van der Waals surface area contributed by atoms with Gasteiger partial charge in [-0.05, 0) is 37.1 Å². The van der Waals surface area contributed by atoms with Crippen LogP contribution >= 0.6 is 22.9 Å². The van der Waals surface area contributed by atoms with E-state index >= 15 is 0 Å². The summed E-state index contributed by atoms with van der Waals surface area (Å²) in [6.45, 7) is 4.06. The summed E-state index contributed by atoms with van der Waals surface area (Å²) < 4.78 is 22.3. The Hall–Kier alpha value is -2.57. The van der Waals surface area contributed by atoms with Crippen molar-refractivity contribution in [2.75, 3.05) is 12.4 Å². The third-order valence-corrected chi connectivity index (χ3v) is 5.88. The van der Waals surface area contributed by atoms with Crippen molar-refractivity contribution in [2.45, 2.75) is 20.3 Å². The van der Waals surface area contributed by atoms with Crippen LogP contribution in [0.3, 0.4) is 0 Å². The summed E-state index contributed by atoms with van der Waals surface area (Å²) >= 11 is 7.97. The van der Waals surface area contributed by atoms with E-state index in [2.05, 4.69) is 17.6 Å². The number of nitrogens with one attached hydrogen (secondary N) is 1. The minimum absolute atomic E-state index is 0.329. The molecule has 144 valence electrons. The van der Waals surface area contributed by atoms with E-state index in [0.717, 1.165) is 28.3 Å². The highest BCUT2D eigenvalue weighted by Crippen LogP contribution is 2.41. The molecule has 4 nitrogen and oxygen atoms in total. The average Bonchev–Trinajstić information content (AvgIpc) is 3.24. The van der Waals surface area contributed by atoms with E-state index in [-0.39, 0.29) is 5.82 Å². The van der Waals surface area contributed by atoms with Gasteiger partial charge in [-0.15, -0.1) is 11.3 Å². The average molecular weight is 416 g/mol. The predicted molar refractivity (Wildman–Crippen MR) is 114 cm³/mol. The van der Waals surface area contributed by atoms with E-state index in [1.807, 2.05) is 29.5 Å². The Bertz CT molecular complexity index is 1150. The quantitative estimate of drug-likeness (QED) is 0.405. The number of aryl methyl sites for hydroxylation is 2. The molecule has 2 aromatic carbocycles. The third kappa shape index (κ3) is 3.02. The number of thiazole rings is 1. The van der Waals surface area contributed by atoms with Gasteiger partial charge < -0.3 is 10.1 Å². The van der Waals surface area contributed by atoms with Crippen LogP contribution in [-0.2, 0) is 6.42 Å². The van der Waals surface area contributed by atoms with E-state index < -0.39 is 0 Å². The maximum absolute atomic E-state index is 14.8. The van der Waals surface area contributed by atoms with Crippen LogP contribution < -0.4 is 10.1 Å². The van der Waals surface area contributed by atoms with Gasteiger partial charge in [-0.3, -0.25) is 4.40 Å². The van der Waals surface area contributed by atoms with Crippen LogP contribution in [0.4, 0.5) is 15.9 Å². The Labute approximate surface area is 171 Å². The van der Waals surface area contributed by atoms with Crippen molar-refractivity contribution in [3.8, 4) is 17.0 Å². The van der Waals surface area contributed by atoms with Crippen molar-refractivity contribution in [3.63, 3.8) is 0 Å². The zero-order valence-electron chi connectivity index (χ0n) is 15.7. The Morgan fingerprint density at radius 2 is 2.04 bits per heavy atom. The van der Waals surface area contributed by atoms with Crippen LogP contribution in [0.2, 0.25) is 5.02 Å². The van der Waals surface area contributed by atoms with Crippen LogP contribution in [0, 0.1) is 12.7 Å². The first-order valence-electron chi connectivity index (χ1n) is 8.89. The maximum Gasteiger partial charge on any atom is 0.196 e. The second-order valence-electron chi connectivity index (χ2n) is 6.38. The van der Waals surface area contributed by atoms with Crippen LogP contribution in [0.25, 0.3) is 16.2 Å². The number of hydrogen-bond donors (Lipinski definition) is 1. The highest BCUT2D eigenvalue weighted by Gasteiger charge is 2.24. The third-order valence-electron chi connectivity index (χ3n) is 4.69. The lowest BCUT2D eigenvalue weighted by atomic mass is 10.1. The van der Waals surface area contributed by atoms with Crippen molar-refractivity contribution in [3.05, 3.63) is 63.9 Å². The molecule has 0 fully saturated rings. The number of halogens is 2. The number of fused-ring (bicyclic) bond motifs is 1. The van der Waals surface area contributed by atoms with E-state index in [1.165, 1.54) is 24.5 Å². The standard InChI is InChI=1S/C21H19ClFN3OS/c1-4-13-11-28-21-25-19(17-15(23)9-6-10-16(17)27-3)20(26(13)21)24-18-12(2)7-5-8-14(18)22/h5-11,24H,4H2,1-3H3. The highest BCUT2D eigenvalue weighted by atomic mass is 35.5. The number of methoxy groups -OCH3 is 1. The van der Waals surface area contributed by atoms with Crippen LogP contribution in [0.1, 0.15) is 18.2 Å². The SMILES string of the molecule is CCc1csc2nc(-c3c(F)cccc3OC)c(Nc3c(C)cccc3Cl)n12. The molecule has 0 saturated carbocycles. The van der Waals surface area contributed by atoms with Crippen molar-refractivity contribution in [1.82, 2.24) is 9.38 Å². The summed E-state index contributed by atoms with van der Waals surface area (Å²) in [7, 11) is 1.53. The van der Waals surface area contributed by atoms with Crippen LogP contribution in [-0.4, -0.2) is 16.5 Å². The van der Waals surface area contributed by atoms with Crippen molar-refractivity contribution < 1.29 is 9.13 Å². The molecule has 0 amide bonds. The zero-order valence-corrected chi connectivity index (χ0v) is 17.3. The number of rotatable bonds is 5. The molecule has 0 aliphatic heterocycles. The molecule has 0 radical (unpaired) electrons. The van der Waals surface area contributed by atoms with E-state index in [1.54, 1.807) is 12.1 Å². The lowest BCUT2D eigenvalue weighted by molar-refractivity contribution is 0.413. The number of anilines is 2. The number of para-hydroxylation sites is 1. The number of ether oxygens (including phenoxy) is 1. The summed E-state index contributed by atoms with van der Waals surface area (Å²) in [5.74, 6) is 0.720. The molecular formula is C21H19ClFN3OS. The van der Waals surface area contributed by atoms with Gasteiger partial charge in [0, 0.05) is 11.1 Å². The number of nitrogens with zero attached hydrogens (tertiary/aromatic N) is 2. The minimum atomic E-state index is -0.387. The molecule has 1 N–H and O–H groups in total. The summed E-state index contributed by atoms with van der Waals surface area (Å²) in [6, 6.07) is 10.5. The van der Waals surface area contributed by atoms with Crippen molar-refractivity contribution >= 4 is 39.4 Å². The van der Waals surface area contributed by atoms with E-state index in [9.17, 15) is 4.39 Å². The van der Waals surface area contributed by atoms with Gasteiger partial charge in [0.15, 0.2) is 4.96 Å². The van der Waals surface area contributed by atoms with Gasteiger partial charge in [0.1, 0.15) is 23.1 Å². The molecule has 0 bridgehead atoms. The van der Waals surface area contributed by atoms with Gasteiger partial charge in [-0.25, -0.2) is 9.37 Å². The second-order valence-corrected chi connectivity index (χ2v) is 7.63. The molecule has 7 heteroatoms. The molecular weight excluding hydrogens is 397 g/mol. The van der Waals surface area contributed by atoms with Gasteiger partial charge >= 0.3 is 0 Å². The largest absolute Gasteiger partial charge is 0.496 e. The van der Waals surface area contributed by atoms with Crippen LogP contribution in [0.15, 0.2) is 41.8 Å². The van der Waals surface area contributed by atoms with Gasteiger partial charge in [-0.1, -0.05) is 36.7 Å². The number of imidazole rings is 1. The first kappa shape index (κ1) is 18.8. The van der Waals surface area contributed by atoms with Gasteiger partial charge in [0.05, 0.1) is 23.4 Å². The monoisotopic (exact) mass is 415 g/mol. The summed E-state index contributed by atoms with van der Waals surface area (Å²) in [5.41, 5.74) is 3.67.